The molecular weight excluding hydrogens is 257 g/mol. The Bertz CT molecular complexity index is 548. The van der Waals surface area contributed by atoms with E-state index in [1.165, 1.54) is 13.4 Å². The first-order chi connectivity index (χ1) is 9.76. The van der Waals surface area contributed by atoms with Gasteiger partial charge in [-0.25, -0.2) is 14.4 Å². The van der Waals surface area contributed by atoms with Crippen LogP contribution in [-0.4, -0.2) is 23.6 Å². The number of ether oxygens (including phenoxy) is 1. The number of hydrogen-bond donors (Lipinski definition) is 1. The number of nitrogens with one attached hydrogen (secondary N) is 1. The molecule has 1 aromatic heterocycles. The summed E-state index contributed by atoms with van der Waals surface area (Å²) in [6.07, 6.45) is 3.70. The molecule has 0 saturated heterocycles. The van der Waals surface area contributed by atoms with E-state index in [-0.39, 0.29) is 17.6 Å². The molecule has 2 aromatic rings. The Morgan fingerprint density at radius 1 is 1.35 bits per heavy atom. The molecule has 2 rings (SSSR count). The summed E-state index contributed by atoms with van der Waals surface area (Å²) in [5.74, 6) is -0.0487. The normalized spacial score (nSPS) is 12.2. The zero-order chi connectivity index (χ0) is 14.4. The molecule has 0 aliphatic rings. The van der Waals surface area contributed by atoms with Gasteiger partial charge in [-0.3, -0.25) is 0 Å². The lowest BCUT2D eigenvalue weighted by molar-refractivity contribution is 0.382. The fraction of sp³-hybridized carbons (Fsp3) is 0.333. The summed E-state index contributed by atoms with van der Waals surface area (Å²) in [5, 5.41) is 3.31. The lowest BCUT2D eigenvalue weighted by Crippen LogP contribution is -2.24. The molecule has 0 aliphatic heterocycles. The Morgan fingerprint density at radius 3 is 2.85 bits per heavy atom. The number of likely N-dealkylation sites (N-methyl/N-ethyl adjacent to an activating group) is 1. The highest BCUT2D eigenvalue weighted by atomic mass is 19.1. The molecule has 0 fully saturated rings. The number of halogens is 1. The number of nitrogens with zero attached hydrogens (tertiary/aromatic N) is 2. The molecule has 0 saturated carbocycles. The average Bonchev–Trinajstić information content (AvgIpc) is 2.49. The van der Waals surface area contributed by atoms with Gasteiger partial charge in [0.25, 0.3) is 0 Å². The van der Waals surface area contributed by atoms with Crippen LogP contribution in [0.5, 0.6) is 5.75 Å². The maximum absolute atomic E-state index is 14.2. The predicted molar refractivity (Wildman–Crippen MR) is 75.1 cm³/mol. The quantitative estimate of drug-likeness (QED) is 0.880. The predicted octanol–water partition coefficient (Wildman–Crippen LogP) is 2.52. The van der Waals surface area contributed by atoms with Crippen LogP contribution in [0.25, 0.3) is 0 Å². The van der Waals surface area contributed by atoms with Gasteiger partial charge in [0.15, 0.2) is 11.6 Å². The second kappa shape index (κ2) is 6.96. The molecule has 0 amide bonds. The minimum atomic E-state index is -0.313. The zero-order valence-electron chi connectivity index (χ0n) is 11.6. The lowest BCUT2D eigenvalue weighted by Gasteiger charge is -2.18. The van der Waals surface area contributed by atoms with Crippen LogP contribution >= 0.6 is 0 Å². The van der Waals surface area contributed by atoms with Crippen LogP contribution in [0.2, 0.25) is 0 Å². The molecule has 20 heavy (non-hydrogen) atoms. The van der Waals surface area contributed by atoms with Crippen molar-refractivity contribution in [3.8, 4) is 5.75 Å². The van der Waals surface area contributed by atoms with E-state index >= 15 is 0 Å². The SMILES string of the molecule is CCNC(Cc1cccc(OC)c1F)c1ccncn1. The Kier molecular flexibility index (Phi) is 5.01. The number of benzene rings is 1. The first-order valence-corrected chi connectivity index (χ1v) is 6.57. The van der Waals surface area contributed by atoms with E-state index in [0.29, 0.717) is 12.0 Å². The van der Waals surface area contributed by atoms with E-state index in [0.717, 1.165) is 12.2 Å². The van der Waals surface area contributed by atoms with Crippen molar-refractivity contribution in [2.24, 2.45) is 0 Å². The van der Waals surface area contributed by atoms with Gasteiger partial charge in [-0.2, -0.15) is 0 Å². The maximum Gasteiger partial charge on any atom is 0.168 e. The average molecular weight is 275 g/mol. The van der Waals surface area contributed by atoms with E-state index in [1.807, 2.05) is 13.0 Å². The summed E-state index contributed by atoms with van der Waals surface area (Å²) < 4.78 is 19.2. The van der Waals surface area contributed by atoms with E-state index in [2.05, 4.69) is 15.3 Å². The van der Waals surface area contributed by atoms with Gasteiger partial charge in [0.05, 0.1) is 18.8 Å². The third-order valence-electron chi connectivity index (χ3n) is 3.10. The molecule has 0 radical (unpaired) electrons. The summed E-state index contributed by atoms with van der Waals surface area (Å²) in [6.45, 7) is 2.79. The summed E-state index contributed by atoms with van der Waals surface area (Å²) >= 11 is 0. The van der Waals surface area contributed by atoms with Gasteiger partial charge in [0, 0.05) is 6.20 Å². The smallest absolute Gasteiger partial charge is 0.168 e. The summed E-state index contributed by atoms with van der Waals surface area (Å²) in [6, 6.07) is 6.96. The molecule has 1 heterocycles. The van der Waals surface area contributed by atoms with Crippen molar-refractivity contribution in [3.05, 3.63) is 53.9 Å². The van der Waals surface area contributed by atoms with Crippen molar-refractivity contribution >= 4 is 0 Å². The van der Waals surface area contributed by atoms with Crippen molar-refractivity contribution in [3.63, 3.8) is 0 Å². The third-order valence-corrected chi connectivity index (χ3v) is 3.10. The summed E-state index contributed by atoms with van der Waals surface area (Å²) in [7, 11) is 1.47. The van der Waals surface area contributed by atoms with E-state index in [1.54, 1.807) is 24.4 Å². The fourth-order valence-electron chi connectivity index (χ4n) is 2.13. The summed E-state index contributed by atoms with van der Waals surface area (Å²) in [5.41, 5.74) is 1.46. The minimum absolute atomic E-state index is 0.0513. The van der Waals surface area contributed by atoms with Crippen LogP contribution in [0.1, 0.15) is 24.2 Å². The Morgan fingerprint density at radius 2 is 2.20 bits per heavy atom. The van der Waals surface area contributed by atoms with Gasteiger partial charge < -0.3 is 10.1 Å². The molecule has 5 heteroatoms. The molecule has 1 N–H and O–H groups in total. The van der Waals surface area contributed by atoms with Gasteiger partial charge in [-0.05, 0) is 30.7 Å². The summed E-state index contributed by atoms with van der Waals surface area (Å²) in [4.78, 5) is 8.15. The van der Waals surface area contributed by atoms with E-state index in [4.69, 9.17) is 4.74 Å². The van der Waals surface area contributed by atoms with Crippen LogP contribution < -0.4 is 10.1 Å². The number of hydrogen-bond acceptors (Lipinski definition) is 4. The largest absolute Gasteiger partial charge is 0.494 e. The van der Waals surface area contributed by atoms with Crippen molar-refractivity contribution < 1.29 is 9.13 Å². The Labute approximate surface area is 118 Å². The zero-order valence-corrected chi connectivity index (χ0v) is 11.6. The fourth-order valence-corrected chi connectivity index (χ4v) is 2.13. The number of rotatable bonds is 6. The lowest BCUT2D eigenvalue weighted by atomic mass is 10.0. The van der Waals surface area contributed by atoms with Gasteiger partial charge >= 0.3 is 0 Å². The Balaban J connectivity index is 2.25. The first-order valence-electron chi connectivity index (χ1n) is 6.57. The van der Waals surface area contributed by atoms with Crippen molar-refractivity contribution in [1.29, 1.82) is 0 Å². The molecule has 0 aliphatic carbocycles. The van der Waals surface area contributed by atoms with Crippen molar-refractivity contribution in [2.45, 2.75) is 19.4 Å². The molecule has 1 aromatic carbocycles. The second-order valence-corrected chi connectivity index (χ2v) is 4.38. The van der Waals surface area contributed by atoms with Gasteiger partial charge in [-0.15, -0.1) is 0 Å². The molecule has 1 atom stereocenters. The minimum Gasteiger partial charge on any atom is -0.494 e. The van der Waals surface area contributed by atoms with Crippen LogP contribution in [0.3, 0.4) is 0 Å². The van der Waals surface area contributed by atoms with Crippen LogP contribution in [0.15, 0.2) is 36.8 Å². The molecule has 0 spiro atoms. The molecule has 0 bridgehead atoms. The van der Waals surface area contributed by atoms with Crippen LogP contribution in [-0.2, 0) is 6.42 Å². The number of methoxy groups -OCH3 is 1. The molecule has 4 nitrogen and oxygen atoms in total. The monoisotopic (exact) mass is 275 g/mol. The highest BCUT2D eigenvalue weighted by molar-refractivity contribution is 5.32. The Hall–Kier alpha value is -2.01. The maximum atomic E-state index is 14.2. The highest BCUT2D eigenvalue weighted by Gasteiger charge is 2.16. The van der Waals surface area contributed by atoms with Crippen molar-refractivity contribution in [1.82, 2.24) is 15.3 Å². The topological polar surface area (TPSA) is 47.0 Å². The van der Waals surface area contributed by atoms with Gasteiger partial charge in [0.1, 0.15) is 6.33 Å². The van der Waals surface area contributed by atoms with E-state index < -0.39 is 0 Å². The van der Waals surface area contributed by atoms with Gasteiger partial charge in [0.2, 0.25) is 0 Å². The van der Waals surface area contributed by atoms with Crippen LogP contribution in [0, 0.1) is 5.82 Å². The highest BCUT2D eigenvalue weighted by Crippen LogP contribution is 2.24. The molecule has 106 valence electrons. The standard InChI is InChI=1S/C15H18FN3O/c1-3-18-13(12-7-8-17-10-19-12)9-11-5-4-6-14(20-2)15(11)16/h4-8,10,13,18H,3,9H2,1-2H3. The molecule has 1 unspecified atom stereocenters. The van der Waals surface area contributed by atoms with Crippen molar-refractivity contribution in [2.75, 3.05) is 13.7 Å². The van der Waals surface area contributed by atoms with Crippen LogP contribution in [0.4, 0.5) is 4.39 Å². The van der Waals surface area contributed by atoms with Gasteiger partial charge in [-0.1, -0.05) is 19.1 Å². The third kappa shape index (κ3) is 3.30. The molecular formula is C15H18FN3O. The first kappa shape index (κ1) is 14.4. The number of aromatic nitrogens is 2. The van der Waals surface area contributed by atoms with E-state index in [9.17, 15) is 4.39 Å². The second-order valence-electron chi connectivity index (χ2n) is 4.38.